The van der Waals surface area contributed by atoms with Gasteiger partial charge in [-0.3, -0.25) is 4.98 Å². The van der Waals surface area contributed by atoms with Crippen LogP contribution in [0.1, 0.15) is 25.8 Å². The molecule has 0 aliphatic heterocycles. The lowest BCUT2D eigenvalue weighted by molar-refractivity contribution is 0.560. The maximum absolute atomic E-state index is 4.36. The van der Waals surface area contributed by atoms with Crippen molar-refractivity contribution < 1.29 is 0 Å². The van der Waals surface area contributed by atoms with Gasteiger partial charge in [0.1, 0.15) is 0 Å². The van der Waals surface area contributed by atoms with Crippen LogP contribution in [0.25, 0.3) is 11.3 Å². The number of aromatic nitrogens is 1. The van der Waals surface area contributed by atoms with Crippen molar-refractivity contribution in [3.05, 3.63) is 54.2 Å². The second-order valence-electron chi connectivity index (χ2n) is 4.63. The summed E-state index contributed by atoms with van der Waals surface area (Å²) in [4.78, 5) is 4.36. The summed E-state index contributed by atoms with van der Waals surface area (Å²) >= 11 is 0. The Morgan fingerprint density at radius 2 is 1.82 bits per heavy atom. The molecule has 0 saturated heterocycles. The topological polar surface area (TPSA) is 12.9 Å². The van der Waals surface area contributed by atoms with E-state index >= 15 is 0 Å². The van der Waals surface area contributed by atoms with Crippen LogP contribution in [-0.4, -0.2) is 4.98 Å². The van der Waals surface area contributed by atoms with Gasteiger partial charge in [-0.2, -0.15) is 0 Å². The SMILES string of the molecule is CCC(C)Cc1ccc(-c2ccccn2)cc1. The van der Waals surface area contributed by atoms with Crippen molar-refractivity contribution in [2.24, 2.45) is 5.92 Å². The summed E-state index contributed by atoms with van der Waals surface area (Å²) < 4.78 is 0. The van der Waals surface area contributed by atoms with Gasteiger partial charge in [0.05, 0.1) is 5.69 Å². The van der Waals surface area contributed by atoms with Crippen LogP contribution in [-0.2, 0) is 6.42 Å². The summed E-state index contributed by atoms with van der Waals surface area (Å²) in [6, 6.07) is 14.8. The lowest BCUT2D eigenvalue weighted by atomic mass is 9.98. The van der Waals surface area contributed by atoms with E-state index in [1.54, 1.807) is 0 Å². The summed E-state index contributed by atoms with van der Waals surface area (Å²) in [5, 5.41) is 0. The minimum atomic E-state index is 0.760. The maximum Gasteiger partial charge on any atom is 0.0701 e. The molecule has 0 bridgehead atoms. The first-order valence-electron chi connectivity index (χ1n) is 6.30. The van der Waals surface area contributed by atoms with E-state index in [0.717, 1.165) is 11.6 Å². The molecule has 0 amide bonds. The van der Waals surface area contributed by atoms with Crippen molar-refractivity contribution in [2.75, 3.05) is 0 Å². The van der Waals surface area contributed by atoms with Crippen LogP contribution in [0.5, 0.6) is 0 Å². The zero-order valence-corrected chi connectivity index (χ0v) is 10.6. The highest BCUT2D eigenvalue weighted by Crippen LogP contribution is 2.18. The third-order valence-corrected chi connectivity index (χ3v) is 3.20. The van der Waals surface area contributed by atoms with E-state index in [1.807, 2.05) is 24.4 Å². The molecule has 88 valence electrons. The molecule has 1 unspecified atom stereocenters. The van der Waals surface area contributed by atoms with Gasteiger partial charge in [0.2, 0.25) is 0 Å². The van der Waals surface area contributed by atoms with Crippen LogP contribution in [0.3, 0.4) is 0 Å². The summed E-state index contributed by atoms with van der Waals surface area (Å²) in [6.07, 6.45) is 4.24. The molecule has 1 aromatic carbocycles. The Labute approximate surface area is 104 Å². The second kappa shape index (κ2) is 5.62. The normalized spacial score (nSPS) is 12.4. The maximum atomic E-state index is 4.36. The van der Waals surface area contributed by atoms with Gasteiger partial charge >= 0.3 is 0 Å². The Hall–Kier alpha value is -1.63. The minimum Gasteiger partial charge on any atom is -0.256 e. The first kappa shape index (κ1) is 11.8. The molecule has 1 atom stereocenters. The van der Waals surface area contributed by atoms with Gasteiger partial charge < -0.3 is 0 Å². The van der Waals surface area contributed by atoms with E-state index in [4.69, 9.17) is 0 Å². The van der Waals surface area contributed by atoms with Gasteiger partial charge in [-0.05, 0) is 30.0 Å². The Balaban J connectivity index is 2.13. The lowest BCUT2D eigenvalue weighted by Gasteiger charge is -2.08. The first-order valence-corrected chi connectivity index (χ1v) is 6.30. The molecule has 0 aliphatic carbocycles. The van der Waals surface area contributed by atoms with E-state index in [9.17, 15) is 0 Å². The van der Waals surface area contributed by atoms with Gasteiger partial charge in [-0.15, -0.1) is 0 Å². The van der Waals surface area contributed by atoms with Crippen LogP contribution in [0.2, 0.25) is 0 Å². The van der Waals surface area contributed by atoms with Crippen molar-refractivity contribution in [3.8, 4) is 11.3 Å². The zero-order chi connectivity index (χ0) is 12.1. The van der Waals surface area contributed by atoms with E-state index in [-0.39, 0.29) is 0 Å². The Kier molecular flexibility index (Phi) is 3.92. The summed E-state index contributed by atoms with van der Waals surface area (Å²) in [7, 11) is 0. The van der Waals surface area contributed by atoms with Gasteiger partial charge in [0.15, 0.2) is 0 Å². The van der Waals surface area contributed by atoms with Crippen LogP contribution >= 0.6 is 0 Å². The fraction of sp³-hybridized carbons (Fsp3) is 0.312. The van der Waals surface area contributed by atoms with Gasteiger partial charge in [0, 0.05) is 11.8 Å². The number of benzene rings is 1. The van der Waals surface area contributed by atoms with Crippen LogP contribution in [0.15, 0.2) is 48.7 Å². The molecule has 0 aliphatic rings. The average Bonchev–Trinajstić information content (AvgIpc) is 2.40. The highest BCUT2D eigenvalue weighted by molar-refractivity contribution is 5.58. The molecule has 0 spiro atoms. The summed E-state index contributed by atoms with van der Waals surface area (Å²) in [5.41, 5.74) is 3.65. The average molecular weight is 225 g/mol. The molecule has 1 heteroatoms. The van der Waals surface area contributed by atoms with Crippen molar-refractivity contribution in [2.45, 2.75) is 26.7 Å². The lowest BCUT2D eigenvalue weighted by Crippen LogP contribution is -1.97. The molecule has 0 fully saturated rings. The van der Waals surface area contributed by atoms with Crippen LogP contribution < -0.4 is 0 Å². The molecule has 1 nitrogen and oxygen atoms in total. The minimum absolute atomic E-state index is 0.760. The molecular weight excluding hydrogens is 206 g/mol. The third-order valence-electron chi connectivity index (χ3n) is 3.20. The van der Waals surface area contributed by atoms with Crippen molar-refractivity contribution in [3.63, 3.8) is 0 Å². The molecular formula is C16H19N. The first-order chi connectivity index (χ1) is 8.29. The van der Waals surface area contributed by atoms with Crippen LogP contribution in [0, 0.1) is 5.92 Å². The second-order valence-corrected chi connectivity index (χ2v) is 4.63. The summed E-state index contributed by atoms with van der Waals surface area (Å²) in [5.74, 6) is 0.760. The van der Waals surface area contributed by atoms with Crippen molar-refractivity contribution in [1.82, 2.24) is 4.98 Å². The molecule has 1 aromatic heterocycles. The van der Waals surface area contributed by atoms with Gasteiger partial charge in [-0.25, -0.2) is 0 Å². The van der Waals surface area contributed by atoms with Gasteiger partial charge in [-0.1, -0.05) is 50.6 Å². The molecule has 2 rings (SSSR count). The monoisotopic (exact) mass is 225 g/mol. The predicted molar refractivity (Wildman–Crippen MR) is 72.8 cm³/mol. The fourth-order valence-electron chi connectivity index (χ4n) is 1.89. The Morgan fingerprint density at radius 3 is 2.41 bits per heavy atom. The zero-order valence-electron chi connectivity index (χ0n) is 10.6. The molecule has 0 N–H and O–H groups in total. The smallest absolute Gasteiger partial charge is 0.0701 e. The quantitative estimate of drug-likeness (QED) is 0.754. The van der Waals surface area contributed by atoms with E-state index in [1.165, 1.54) is 24.0 Å². The number of nitrogens with zero attached hydrogens (tertiary/aromatic N) is 1. The fourth-order valence-corrected chi connectivity index (χ4v) is 1.89. The molecule has 0 radical (unpaired) electrons. The molecule has 0 saturated carbocycles. The molecule has 17 heavy (non-hydrogen) atoms. The van der Waals surface area contributed by atoms with Crippen LogP contribution in [0.4, 0.5) is 0 Å². The predicted octanol–water partition coefficient (Wildman–Crippen LogP) is 4.34. The summed E-state index contributed by atoms with van der Waals surface area (Å²) in [6.45, 7) is 4.54. The standard InChI is InChI=1S/C16H19N/c1-3-13(2)12-14-7-9-15(10-8-14)16-6-4-5-11-17-16/h4-11,13H,3,12H2,1-2H3. The third kappa shape index (κ3) is 3.16. The van der Waals surface area contributed by atoms with E-state index in [0.29, 0.717) is 0 Å². The van der Waals surface area contributed by atoms with Crippen molar-refractivity contribution >= 4 is 0 Å². The van der Waals surface area contributed by atoms with Gasteiger partial charge in [0.25, 0.3) is 0 Å². The van der Waals surface area contributed by atoms with E-state index in [2.05, 4.69) is 43.1 Å². The highest BCUT2D eigenvalue weighted by Gasteiger charge is 2.02. The molecule has 2 aromatic rings. The Morgan fingerprint density at radius 1 is 1.06 bits per heavy atom. The molecule has 1 heterocycles. The largest absolute Gasteiger partial charge is 0.256 e. The number of hydrogen-bond acceptors (Lipinski definition) is 1. The van der Waals surface area contributed by atoms with Crippen molar-refractivity contribution in [1.29, 1.82) is 0 Å². The number of hydrogen-bond donors (Lipinski definition) is 0. The van der Waals surface area contributed by atoms with E-state index < -0.39 is 0 Å². The Bertz CT molecular complexity index is 445. The number of pyridine rings is 1. The highest BCUT2D eigenvalue weighted by atomic mass is 14.7. The number of rotatable bonds is 4.